The van der Waals surface area contributed by atoms with Gasteiger partial charge in [-0.25, -0.2) is 0 Å². The lowest BCUT2D eigenvalue weighted by atomic mass is 9.82. The van der Waals surface area contributed by atoms with Crippen LogP contribution in [0, 0.1) is 13.8 Å². The topological polar surface area (TPSA) is 35.2 Å². The first-order chi connectivity index (χ1) is 9.59. The third kappa shape index (κ3) is 3.24. The van der Waals surface area contributed by atoms with E-state index < -0.39 is 0 Å². The molecule has 0 heterocycles. The second-order valence-corrected chi connectivity index (χ2v) is 6.36. The van der Waals surface area contributed by atoms with Gasteiger partial charge >= 0.3 is 0 Å². The highest BCUT2D eigenvalue weighted by Gasteiger charge is 2.37. The zero-order valence-corrected chi connectivity index (χ0v) is 13.2. The molecule has 0 aromatic heterocycles. The van der Waals surface area contributed by atoms with E-state index in [2.05, 4.69) is 32.0 Å². The molecule has 2 N–H and O–H groups in total. The molecule has 1 fully saturated rings. The van der Waals surface area contributed by atoms with Crippen molar-refractivity contribution in [3.8, 4) is 0 Å². The smallest absolute Gasteiger partial charge is 0.0832 e. The molecule has 0 saturated heterocycles. The van der Waals surface area contributed by atoms with Crippen LogP contribution in [0.25, 0.3) is 0 Å². The van der Waals surface area contributed by atoms with Crippen molar-refractivity contribution in [3.63, 3.8) is 0 Å². The van der Waals surface area contributed by atoms with E-state index in [4.69, 9.17) is 10.5 Å². The SMILES string of the molecule is COC1(C(N)Cc2c(C)cccc2C)CCCCCC1. The van der Waals surface area contributed by atoms with Gasteiger partial charge in [-0.05, 0) is 49.8 Å². The van der Waals surface area contributed by atoms with Crippen LogP contribution in [0.2, 0.25) is 0 Å². The van der Waals surface area contributed by atoms with Crippen LogP contribution in [0.4, 0.5) is 0 Å². The Kier molecular flexibility index (Phi) is 5.22. The molecule has 1 aliphatic carbocycles. The number of benzene rings is 1. The number of methoxy groups -OCH3 is 1. The second-order valence-electron chi connectivity index (χ2n) is 6.36. The molecule has 112 valence electrons. The molecule has 1 atom stereocenters. The monoisotopic (exact) mass is 275 g/mol. The molecule has 0 amide bonds. The molecule has 1 aromatic rings. The molecule has 0 spiro atoms. The summed E-state index contributed by atoms with van der Waals surface area (Å²) in [6, 6.07) is 6.58. The molecule has 1 aliphatic rings. The molecular formula is C18H29NO. The first kappa shape index (κ1) is 15.5. The molecule has 2 heteroatoms. The van der Waals surface area contributed by atoms with Crippen molar-refractivity contribution in [3.05, 3.63) is 34.9 Å². The minimum atomic E-state index is -0.120. The standard InChI is InChI=1S/C18H29NO/c1-14-9-8-10-15(2)16(14)13-17(19)18(20-3)11-6-4-5-7-12-18/h8-10,17H,4-7,11-13,19H2,1-3H3. The van der Waals surface area contributed by atoms with Crippen molar-refractivity contribution in [1.82, 2.24) is 0 Å². The Morgan fingerprint density at radius 2 is 1.65 bits per heavy atom. The molecule has 2 nitrogen and oxygen atoms in total. The van der Waals surface area contributed by atoms with Gasteiger partial charge in [0.25, 0.3) is 0 Å². The molecule has 2 rings (SSSR count). The third-order valence-electron chi connectivity index (χ3n) is 5.10. The van der Waals surface area contributed by atoms with Crippen LogP contribution >= 0.6 is 0 Å². The van der Waals surface area contributed by atoms with Gasteiger partial charge in [0.05, 0.1) is 5.60 Å². The Labute approximate surface area is 123 Å². The Morgan fingerprint density at radius 1 is 1.10 bits per heavy atom. The maximum absolute atomic E-state index is 6.61. The van der Waals surface area contributed by atoms with Crippen LogP contribution < -0.4 is 5.73 Å². The highest BCUT2D eigenvalue weighted by molar-refractivity contribution is 5.34. The molecular weight excluding hydrogens is 246 g/mol. The number of hydrogen-bond acceptors (Lipinski definition) is 2. The average molecular weight is 275 g/mol. The minimum Gasteiger partial charge on any atom is -0.377 e. The van der Waals surface area contributed by atoms with Crippen molar-refractivity contribution < 1.29 is 4.74 Å². The van der Waals surface area contributed by atoms with Crippen LogP contribution in [0.3, 0.4) is 0 Å². The summed E-state index contributed by atoms with van der Waals surface area (Å²) < 4.78 is 5.95. The highest BCUT2D eigenvalue weighted by Crippen LogP contribution is 2.34. The fraction of sp³-hybridized carbons (Fsp3) is 0.667. The van der Waals surface area contributed by atoms with E-state index in [-0.39, 0.29) is 11.6 Å². The molecule has 1 aromatic carbocycles. The molecule has 0 bridgehead atoms. The zero-order valence-electron chi connectivity index (χ0n) is 13.2. The lowest BCUT2D eigenvalue weighted by Gasteiger charge is -2.37. The average Bonchev–Trinajstić information content (AvgIpc) is 2.69. The van der Waals surface area contributed by atoms with Crippen LogP contribution in [0.15, 0.2) is 18.2 Å². The Morgan fingerprint density at radius 3 is 2.15 bits per heavy atom. The van der Waals surface area contributed by atoms with Crippen molar-refractivity contribution in [2.75, 3.05) is 7.11 Å². The quantitative estimate of drug-likeness (QED) is 0.845. The minimum absolute atomic E-state index is 0.0883. The number of nitrogens with two attached hydrogens (primary N) is 1. The van der Waals surface area contributed by atoms with Gasteiger partial charge < -0.3 is 10.5 Å². The van der Waals surface area contributed by atoms with Gasteiger partial charge in [-0.1, -0.05) is 43.9 Å². The van der Waals surface area contributed by atoms with E-state index in [1.54, 1.807) is 0 Å². The van der Waals surface area contributed by atoms with Gasteiger partial charge in [0.1, 0.15) is 0 Å². The predicted octanol–water partition coefficient (Wildman–Crippen LogP) is 3.91. The van der Waals surface area contributed by atoms with E-state index >= 15 is 0 Å². The van der Waals surface area contributed by atoms with Crippen LogP contribution in [0.5, 0.6) is 0 Å². The molecule has 20 heavy (non-hydrogen) atoms. The first-order valence-corrected chi connectivity index (χ1v) is 7.95. The van der Waals surface area contributed by atoms with Gasteiger partial charge in [0, 0.05) is 13.2 Å². The third-order valence-corrected chi connectivity index (χ3v) is 5.10. The summed E-state index contributed by atoms with van der Waals surface area (Å²) in [6.07, 6.45) is 8.27. The molecule has 1 unspecified atom stereocenters. The zero-order chi connectivity index (χ0) is 14.6. The highest BCUT2D eigenvalue weighted by atomic mass is 16.5. The van der Waals surface area contributed by atoms with Gasteiger partial charge in [-0.3, -0.25) is 0 Å². The maximum atomic E-state index is 6.61. The maximum Gasteiger partial charge on any atom is 0.0832 e. The number of hydrogen-bond donors (Lipinski definition) is 1. The Balaban J connectivity index is 2.18. The van der Waals surface area contributed by atoms with E-state index in [1.807, 2.05) is 7.11 Å². The Hall–Kier alpha value is -0.860. The molecule has 1 saturated carbocycles. The lowest BCUT2D eigenvalue weighted by Crippen LogP contribution is -2.50. The summed E-state index contributed by atoms with van der Waals surface area (Å²) in [5.41, 5.74) is 10.6. The predicted molar refractivity (Wildman–Crippen MR) is 85.0 cm³/mol. The summed E-state index contributed by atoms with van der Waals surface area (Å²) in [7, 11) is 1.84. The van der Waals surface area contributed by atoms with Crippen LogP contribution in [-0.2, 0) is 11.2 Å². The van der Waals surface area contributed by atoms with E-state index in [0.717, 1.165) is 19.3 Å². The van der Waals surface area contributed by atoms with Gasteiger partial charge in [0.15, 0.2) is 0 Å². The molecule has 0 radical (unpaired) electrons. The van der Waals surface area contributed by atoms with Crippen molar-refractivity contribution in [2.24, 2.45) is 5.73 Å². The van der Waals surface area contributed by atoms with E-state index in [9.17, 15) is 0 Å². The summed E-state index contributed by atoms with van der Waals surface area (Å²) in [4.78, 5) is 0. The Bertz CT molecular complexity index is 413. The number of ether oxygens (including phenoxy) is 1. The number of rotatable bonds is 4. The van der Waals surface area contributed by atoms with E-state index in [0.29, 0.717) is 0 Å². The summed E-state index contributed by atoms with van der Waals surface area (Å²) in [5, 5.41) is 0. The summed E-state index contributed by atoms with van der Waals surface area (Å²) in [6.45, 7) is 4.36. The van der Waals surface area contributed by atoms with Crippen molar-refractivity contribution in [1.29, 1.82) is 0 Å². The molecule has 0 aliphatic heterocycles. The van der Waals surface area contributed by atoms with Crippen LogP contribution in [-0.4, -0.2) is 18.8 Å². The van der Waals surface area contributed by atoms with Crippen LogP contribution in [0.1, 0.15) is 55.2 Å². The van der Waals surface area contributed by atoms with Gasteiger partial charge in [-0.2, -0.15) is 0 Å². The van der Waals surface area contributed by atoms with Gasteiger partial charge in [-0.15, -0.1) is 0 Å². The second kappa shape index (κ2) is 6.73. The van der Waals surface area contributed by atoms with E-state index in [1.165, 1.54) is 42.4 Å². The largest absolute Gasteiger partial charge is 0.377 e. The first-order valence-electron chi connectivity index (χ1n) is 7.95. The summed E-state index contributed by atoms with van der Waals surface area (Å²) in [5.74, 6) is 0. The van der Waals surface area contributed by atoms with Crippen molar-refractivity contribution in [2.45, 2.75) is 70.4 Å². The fourth-order valence-electron chi connectivity index (χ4n) is 3.63. The lowest BCUT2D eigenvalue weighted by molar-refractivity contribution is -0.0430. The fourth-order valence-corrected chi connectivity index (χ4v) is 3.63. The van der Waals surface area contributed by atoms with Crippen molar-refractivity contribution >= 4 is 0 Å². The number of aryl methyl sites for hydroxylation is 2. The van der Waals surface area contributed by atoms with Gasteiger partial charge in [0.2, 0.25) is 0 Å². The normalized spacial score (nSPS) is 20.4. The summed E-state index contributed by atoms with van der Waals surface area (Å²) >= 11 is 0.